The first kappa shape index (κ1) is 41.4. The summed E-state index contributed by atoms with van der Waals surface area (Å²) in [5, 5.41) is 9.59. The van der Waals surface area contributed by atoms with Gasteiger partial charge in [0.25, 0.3) is 0 Å². The van der Waals surface area contributed by atoms with Crippen molar-refractivity contribution in [3.05, 3.63) is 24.3 Å². The van der Waals surface area contributed by atoms with Gasteiger partial charge in [-0.15, -0.1) is 0 Å². The summed E-state index contributed by atoms with van der Waals surface area (Å²) in [6.07, 6.45) is 46.4. The molecule has 0 amide bonds. The van der Waals surface area contributed by atoms with Crippen LogP contribution >= 0.6 is 0 Å². The van der Waals surface area contributed by atoms with Crippen LogP contribution in [0.25, 0.3) is 0 Å². The molecule has 0 saturated carbocycles. The van der Waals surface area contributed by atoms with Gasteiger partial charge in [0.1, 0.15) is 6.10 Å². The summed E-state index contributed by atoms with van der Waals surface area (Å²) in [6, 6.07) is 0. The summed E-state index contributed by atoms with van der Waals surface area (Å²) in [4.78, 5) is 0. The van der Waals surface area contributed by atoms with Crippen molar-refractivity contribution in [3.63, 3.8) is 0 Å². The lowest BCUT2D eigenvalue weighted by atomic mass is 10.1. The third-order valence-corrected chi connectivity index (χ3v) is 8.32. The van der Waals surface area contributed by atoms with Gasteiger partial charge in [0.05, 0.1) is 13.2 Å². The lowest BCUT2D eigenvalue weighted by Gasteiger charge is -2.15. The van der Waals surface area contributed by atoms with Crippen LogP contribution in [0.2, 0.25) is 0 Å². The molecular formula is C39H76O3. The van der Waals surface area contributed by atoms with Gasteiger partial charge in [-0.2, -0.15) is 0 Å². The minimum absolute atomic E-state index is 0.0553. The summed E-state index contributed by atoms with van der Waals surface area (Å²) in [7, 11) is 0. The Bertz CT molecular complexity index is 530. The summed E-state index contributed by atoms with van der Waals surface area (Å²) < 4.78 is 11.6. The second kappa shape index (κ2) is 38.4. The van der Waals surface area contributed by atoms with Crippen molar-refractivity contribution in [2.24, 2.45) is 0 Å². The largest absolute Gasteiger partial charge is 0.394 e. The molecule has 0 aliphatic rings. The zero-order valence-corrected chi connectivity index (χ0v) is 28.8. The predicted octanol–water partition coefficient (Wildman–Crippen LogP) is 12.5. The standard InChI is InChI=1S/C39H76O3/c1-3-5-7-9-11-13-15-17-19-21-23-25-27-29-31-33-35-41-38-39(37-40)42-36-34-32-30-28-26-24-22-20-18-16-14-12-10-8-6-4-2/h17-20,39-40H,3-16,21-38H2,1-2H3/b19-17-,20-18-. The van der Waals surface area contributed by atoms with Crippen LogP contribution in [0.15, 0.2) is 24.3 Å². The summed E-state index contributed by atoms with van der Waals surface area (Å²) in [5.41, 5.74) is 0. The Morgan fingerprint density at radius 3 is 1.14 bits per heavy atom. The molecule has 0 rings (SSSR count). The van der Waals surface area contributed by atoms with Gasteiger partial charge in [0.15, 0.2) is 0 Å². The molecule has 0 spiro atoms. The molecule has 0 aromatic heterocycles. The van der Waals surface area contributed by atoms with Crippen LogP contribution in [0.4, 0.5) is 0 Å². The maximum absolute atomic E-state index is 9.59. The van der Waals surface area contributed by atoms with Gasteiger partial charge in [0, 0.05) is 13.2 Å². The maximum Gasteiger partial charge on any atom is 0.104 e. The average molecular weight is 593 g/mol. The highest BCUT2D eigenvalue weighted by molar-refractivity contribution is 4.82. The van der Waals surface area contributed by atoms with Crippen molar-refractivity contribution in [1.82, 2.24) is 0 Å². The van der Waals surface area contributed by atoms with Crippen LogP contribution in [-0.4, -0.2) is 37.6 Å². The van der Waals surface area contributed by atoms with Gasteiger partial charge in [-0.25, -0.2) is 0 Å². The van der Waals surface area contributed by atoms with Crippen molar-refractivity contribution in [3.8, 4) is 0 Å². The zero-order valence-electron chi connectivity index (χ0n) is 28.8. The van der Waals surface area contributed by atoms with Crippen molar-refractivity contribution in [1.29, 1.82) is 0 Å². The third-order valence-electron chi connectivity index (χ3n) is 8.32. The van der Waals surface area contributed by atoms with E-state index in [2.05, 4.69) is 38.2 Å². The van der Waals surface area contributed by atoms with Crippen molar-refractivity contribution >= 4 is 0 Å². The molecule has 0 aromatic carbocycles. The molecule has 250 valence electrons. The minimum Gasteiger partial charge on any atom is -0.394 e. The number of allylic oxidation sites excluding steroid dienone is 4. The first-order valence-electron chi connectivity index (χ1n) is 18.9. The fourth-order valence-electron chi connectivity index (χ4n) is 5.42. The van der Waals surface area contributed by atoms with Crippen LogP contribution in [-0.2, 0) is 9.47 Å². The highest BCUT2D eigenvalue weighted by Gasteiger charge is 2.07. The van der Waals surface area contributed by atoms with Crippen LogP contribution in [0.3, 0.4) is 0 Å². The monoisotopic (exact) mass is 593 g/mol. The van der Waals surface area contributed by atoms with Crippen LogP contribution in [0.5, 0.6) is 0 Å². The molecular weight excluding hydrogens is 516 g/mol. The number of rotatable bonds is 36. The second-order valence-corrected chi connectivity index (χ2v) is 12.6. The molecule has 0 aliphatic heterocycles. The highest BCUT2D eigenvalue weighted by atomic mass is 16.5. The highest BCUT2D eigenvalue weighted by Crippen LogP contribution is 2.12. The Kier molecular flexibility index (Phi) is 37.8. The SMILES string of the molecule is CCCCCCCC/C=C\CCCCCCCCOCC(CO)OCCCCCCCC/C=C\CCCCCCCC. The molecule has 1 N–H and O–H groups in total. The zero-order chi connectivity index (χ0) is 30.4. The predicted molar refractivity (Wildman–Crippen MR) is 187 cm³/mol. The molecule has 1 atom stereocenters. The Labute approximate surface area is 264 Å². The lowest BCUT2D eigenvalue weighted by Crippen LogP contribution is -2.24. The van der Waals surface area contributed by atoms with Crippen LogP contribution in [0, 0.1) is 0 Å². The number of aliphatic hydroxyl groups is 1. The van der Waals surface area contributed by atoms with E-state index in [1.807, 2.05) is 0 Å². The molecule has 0 heterocycles. The summed E-state index contributed by atoms with van der Waals surface area (Å²) in [5.74, 6) is 0. The first-order chi connectivity index (χ1) is 20.8. The summed E-state index contributed by atoms with van der Waals surface area (Å²) >= 11 is 0. The average Bonchev–Trinajstić information content (AvgIpc) is 3.00. The maximum atomic E-state index is 9.59. The van der Waals surface area contributed by atoms with Gasteiger partial charge >= 0.3 is 0 Å². The van der Waals surface area contributed by atoms with Gasteiger partial charge < -0.3 is 14.6 Å². The molecule has 3 nitrogen and oxygen atoms in total. The lowest BCUT2D eigenvalue weighted by molar-refractivity contribution is -0.0437. The van der Waals surface area contributed by atoms with E-state index in [1.54, 1.807) is 0 Å². The molecule has 0 aromatic rings. The Morgan fingerprint density at radius 1 is 0.429 bits per heavy atom. The van der Waals surface area contributed by atoms with E-state index >= 15 is 0 Å². The Morgan fingerprint density at radius 2 is 0.762 bits per heavy atom. The smallest absolute Gasteiger partial charge is 0.104 e. The van der Waals surface area contributed by atoms with Gasteiger partial charge in [-0.1, -0.05) is 154 Å². The van der Waals surface area contributed by atoms with Crippen molar-refractivity contribution < 1.29 is 14.6 Å². The van der Waals surface area contributed by atoms with Crippen molar-refractivity contribution in [2.75, 3.05) is 26.4 Å². The van der Waals surface area contributed by atoms with Gasteiger partial charge in [-0.05, 0) is 64.2 Å². The van der Waals surface area contributed by atoms with E-state index in [4.69, 9.17) is 9.47 Å². The van der Waals surface area contributed by atoms with E-state index in [1.165, 1.54) is 167 Å². The second-order valence-electron chi connectivity index (χ2n) is 12.6. The van der Waals surface area contributed by atoms with E-state index < -0.39 is 0 Å². The molecule has 42 heavy (non-hydrogen) atoms. The third kappa shape index (κ3) is 35.6. The Hall–Kier alpha value is -0.640. The van der Waals surface area contributed by atoms with Gasteiger partial charge in [0.2, 0.25) is 0 Å². The molecule has 0 bridgehead atoms. The molecule has 0 saturated heterocycles. The number of hydrogen-bond donors (Lipinski definition) is 1. The number of ether oxygens (including phenoxy) is 2. The fourth-order valence-corrected chi connectivity index (χ4v) is 5.42. The molecule has 3 heteroatoms. The quantitative estimate of drug-likeness (QED) is 0.0581. The normalized spacial score (nSPS) is 12.7. The first-order valence-corrected chi connectivity index (χ1v) is 18.9. The topological polar surface area (TPSA) is 38.7 Å². The molecule has 0 aliphatic carbocycles. The van der Waals surface area contributed by atoms with Crippen molar-refractivity contribution in [2.45, 2.75) is 200 Å². The van der Waals surface area contributed by atoms with E-state index in [0.29, 0.717) is 6.61 Å². The molecule has 0 radical (unpaired) electrons. The number of aliphatic hydroxyl groups excluding tert-OH is 1. The fraction of sp³-hybridized carbons (Fsp3) is 0.897. The van der Waals surface area contributed by atoms with E-state index in [9.17, 15) is 5.11 Å². The van der Waals surface area contributed by atoms with Crippen LogP contribution in [0.1, 0.15) is 194 Å². The molecule has 1 unspecified atom stereocenters. The van der Waals surface area contributed by atoms with E-state index in [0.717, 1.165) is 26.1 Å². The minimum atomic E-state index is -0.165. The number of unbranched alkanes of at least 4 members (excludes halogenated alkanes) is 24. The summed E-state index contributed by atoms with van der Waals surface area (Å²) in [6.45, 7) is 6.67. The van der Waals surface area contributed by atoms with E-state index in [-0.39, 0.29) is 12.7 Å². The Balaban J connectivity index is 3.32. The van der Waals surface area contributed by atoms with Crippen LogP contribution < -0.4 is 0 Å². The van der Waals surface area contributed by atoms with Gasteiger partial charge in [-0.3, -0.25) is 0 Å². The number of hydrogen-bond acceptors (Lipinski definition) is 3. The molecule has 0 fully saturated rings.